The third-order valence-electron chi connectivity index (χ3n) is 19.4. The molecular formula is C92H153NO13. The van der Waals surface area contributed by atoms with Crippen molar-refractivity contribution in [3.8, 4) is 0 Å². The fraction of sp³-hybridized carbons (Fsp3) is 0.685. The second-order valence-electron chi connectivity index (χ2n) is 28.9. The molecule has 12 atom stereocenters. The van der Waals surface area contributed by atoms with Gasteiger partial charge in [0.15, 0.2) is 12.6 Å². The van der Waals surface area contributed by atoms with Gasteiger partial charge in [0.05, 0.1) is 32.0 Å². The summed E-state index contributed by atoms with van der Waals surface area (Å²) in [7, 11) is 0. The molecule has 106 heavy (non-hydrogen) atoms. The van der Waals surface area contributed by atoms with E-state index in [2.05, 4.69) is 177 Å². The van der Waals surface area contributed by atoms with Crippen molar-refractivity contribution in [2.45, 2.75) is 383 Å². The van der Waals surface area contributed by atoms with Crippen LogP contribution in [0.5, 0.6) is 0 Å². The minimum atomic E-state index is -1.80. The number of hydrogen-bond donors (Lipinski definition) is 9. The Balaban J connectivity index is 1.65. The first kappa shape index (κ1) is 97.4. The van der Waals surface area contributed by atoms with E-state index in [1.54, 1.807) is 6.08 Å². The van der Waals surface area contributed by atoms with Crippen LogP contribution in [0.15, 0.2) is 170 Å². The summed E-state index contributed by atoms with van der Waals surface area (Å²) in [6, 6.07) is -0.961. The van der Waals surface area contributed by atoms with Crippen LogP contribution in [-0.4, -0.2) is 140 Å². The highest BCUT2D eigenvalue weighted by molar-refractivity contribution is 5.76. The summed E-state index contributed by atoms with van der Waals surface area (Å²) in [4.78, 5) is 13.4. The largest absolute Gasteiger partial charge is 0.394 e. The molecule has 2 fully saturated rings. The maximum atomic E-state index is 13.4. The highest BCUT2D eigenvalue weighted by atomic mass is 16.7. The predicted octanol–water partition coefficient (Wildman–Crippen LogP) is 20.2. The lowest BCUT2D eigenvalue weighted by Gasteiger charge is -2.46. The SMILES string of the molecule is CC/C=C\C/C=C\C/C=C\C/C=C\C/C=C\C/C=C\C/C=C\C/C=C\C/C=C\C/C=C\C/C=C\C/C=C\CCCCCCC(=O)NC(COC1OC(CO)C(OC2OC(CO)C(O)C(O)C2O)C(O)C1O)C(O)/C=C/CC/C=C/CCCCCCCCCCCCCCCCCCCCCCCCCCC. The normalized spacial score (nSPS) is 22.2. The summed E-state index contributed by atoms with van der Waals surface area (Å²) in [6.07, 6.45) is 97.3. The Morgan fingerprint density at radius 2 is 0.660 bits per heavy atom. The fourth-order valence-corrected chi connectivity index (χ4v) is 12.8. The molecule has 0 aromatic heterocycles. The lowest BCUT2D eigenvalue weighted by atomic mass is 9.97. The van der Waals surface area contributed by atoms with E-state index in [1.165, 1.54) is 161 Å². The molecule has 9 N–H and O–H groups in total. The maximum absolute atomic E-state index is 13.4. The number of aliphatic hydroxyl groups is 8. The van der Waals surface area contributed by atoms with Gasteiger partial charge in [-0.3, -0.25) is 4.79 Å². The third kappa shape index (κ3) is 54.9. The number of ether oxygens (including phenoxy) is 4. The van der Waals surface area contributed by atoms with Gasteiger partial charge < -0.3 is 65.1 Å². The van der Waals surface area contributed by atoms with Gasteiger partial charge in [0, 0.05) is 6.42 Å². The molecule has 12 unspecified atom stereocenters. The van der Waals surface area contributed by atoms with E-state index < -0.39 is 86.8 Å². The van der Waals surface area contributed by atoms with Crippen LogP contribution in [0.4, 0.5) is 0 Å². The summed E-state index contributed by atoms with van der Waals surface area (Å²) in [6.45, 7) is 2.67. The fourth-order valence-electron chi connectivity index (χ4n) is 12.8. The minimum Gasteiger partial charge on any atom is -0.394 e. The first-order chi connectivity index (χ1) is 52.1. The highest BCUT2D eigenvalue weighted by Crippen LogP contribution is 2.30. The molecule has 0 aliphatic carbocycles. The second-order valence-corrected chi connectivity index (χ2v) is 28.9. The van der Waals surface area contributed by atoms with E-state index in [-0.39, 0.29) is 18.9 Å². The Hall–Kier alpha value is -4.65. The number of unbranched alkanes of at least 4 members (excludes halogenated alkanes) is 30. The highest BCUT2D eigenvalue weighted by Gasteiger charge is 2.51. The molecule has 2 saturated heterocycles. The molecule has 604 valence electrons. The van der Waals surface area contributed by atoms with Crippen molar-refractivity contribution in [2.24, 2.45) is 0 Å². The van der Waals surface area contributed by atoms with Crippen molar-refractivity contribution in [2.75, 3.05) is 19.8 Å². The molecule has 2 rings (SSSR count). The lowest BCUT2D eigenvalue weighted by molar-refractivity contribution is -0.359. The summed E-state index contributed by atoms with van der Waals surface area (Å²) in [5, 5.41) is 87.7. The number of allylic oxidation sites excluding steroid dienone is 27. The third-order valence-corrected chi connectivity index (χ3v) is 19.4. The van der Waals surface area contributed by atoms with E-state index in [1.807, 2.05) is 6.08 Å². The van der Waals surface area contributed by atoms with Crippen LogP contribution in [-0.2, 0) is 23.7 Å². The number of rotatable bonds is 69. The zero-order valence-electron chi connectivity index (χ0n) is 66.4. The number of carbonyl (C=O) groups is 1. The summed E-state index contributed by atoms with van der Waals surface area (Å²) in [5.74, 6) is -0.277. The monoisotopic (exact) mass is 1480 g/mol. The van der Waals surface area contributed by atoms with Gasteiger partial charge in [0.2, 0.25) is 5.91 Å². The molecule has 0 spiro atoms. The van der Waals surface area contributed by atoms with Crippen molar-refractivity contribution < 1.29 is 64.6 Å². The first-order valence-corrected chi connectivity index (χ1v) is 42.4. The van der Waals surface area contributed by atoms with Gasteiger partial charge in [-0.15, -0.1) is 0 Å². The van der Waals surface area contributed by atoms with Gasteiger partial charge in [-0.1, -0.05) is 351 Å². The van der Waals surface area contributed by atoms with Gasteiger partial charge in [0.1, 0.15) is 48.8 Å². The van der Waals surface area contributed by atoms with E-state index in [0.29, 0.717) is 12.8 Å². The summed E-state index contributed by atoms with van der Waals surface area (Å²) in [5.41, 5.74) is 0. The predicted molar refractivity (Wildman–Crippen MR) is 442 cm³/mol. The standard InChI is InChI=1S/C92H153NO13/c1-3-5-7-9-11-13-15-17-19-21-23-25-27-29-31-33-35-36-37-38-39-40-41-42-43-44-46-48-50-52-54-56-58-60-62-64-66-68-70-72-74-76-84(97)93-80(79-103-91-89(102)87(100)90(83(78-95)105-91)106-92-88(101)86(99)85(98)82(77-94)104-92)81(96)75-73-71-69-67-65-63-61-59-57-55-53-51-49-47-45-34-32-30-28-26-24-22-20-18-16-14-12-10-8-6-4-2/h5,7,11,13,17,19,23,25,29,31,35-36,38-39,41-42,44,46,50,52,56,58,62,64-65,67,73,75,80-83,85-92,94-96,98-102H,3-4,6,8-10,12,14-16,18,20-22,24,26-28,30,32-34,37,40,43,45,47-49,51,53-55,57,59-61,63,66,68-72,74,76-79H2,1-2H3,(H,93,97)/b7-5-,13-11-,19-17-,25-23-,31-29-,36-35-,39-38-,42-41-,46-44-,52-50-,58-56-,64-62-,67-65+,75-73+. The van der Waals surface area contributed by atoms with E-state index in [9.17, 15) is 45.6 Å². The Morgan fingerprint density at radius 1 is 0.349 bits per heavy atom. The van der Waals surface area contributed by atoms with Gasteiger partial charge in [-0.25, -0.2) is 0 Å². The Kier molecular flexibility index (Phi) is 67.3. The van der Waals surface area contributed by atoms with Crippen LogP contribution in [0.1, 0.15) is 309 Å². The summed E-state index contributed by atoms with van der Waals surface area (Å²) < 4.78 is 22.9. The molecular weight excluding hydrogens is 1330 g/mol. The average Bonchev–Trinajstić information content (AvgIpc) is 0.790. The van der Waals surface area contributed by atoms with Crippen molar-refractivity contribution in [1.82, 2.24) is 5.32 Å². The van der Waals surface area contributed by atoms with Crippen LogP contribution < -0.4 is 5.32 Å². The van der Waals surface area contributed by atoms with E-state index in [4.69, 9.17) is 18.9 Å². The van der Waals surface area contributed by atoms with Crippen molar-refractivity contribution in [3.63, 3.8) is 0 Å². The number of nitrogens with one attached hydrogen (secondary N) is 1. The first-order valence-electron chi connectivity index (χ1n) is 42.4. The lowest BCUT2D eigenvalue weighted by Crippen LogP contribution is -2.65. The number of amides is 1. The smallest absolute Gasteiger partial charge is 0.220 e. The topological polar surface area (TPSA) is 228 Å². The molecule has 0 saturated carbocycles. The van der Waals surface area contributed by atoms with Crippen LogP contribution in [0.2, 0.25) is 0 Å². The molecule has 0 aromatic carbocycles. The van der Waals surface area contributed by atoms with Crippen LogP contribution in [0.25, 0.3) is 0 Å². The molecule has 2 aliphatic rings. The van der Waals surface area contributed by atoms with Gasteiger partial charge in [-0.05, 0) is 122 Å². The minimum absolute atomic E-state index is 0.233. The Morgan fingerprint density at radius 3 is 1.04 bits per heavy atom. The number of carbonyl (C=O) groups excluding carboxylic acids is 1. The zero-order valence-corrected chi connectivity index (χ0v) is 66.4. The summed E-state index contributed by atoms with van der Waals surface area (Å²) >= 11 is 0. The Bertz CT molecular complexity index is 2450. The van der Waals surface area contributed by atoms with Crippen LogP contribution in [0.3, 0.4) is 0 Å². The molecule has 0 aromatic rings. The van der Waals surface area contributed by atoms with Crippen molar-refractivity contribution in [1.29, 1.82) is 0 Å². The molecule has 0 radical (unpaired) electrons. The van der Waals surface area contributed by atoms with Crippen molar-refractivity contribution in [3.05, 3.63) is 170 Å². The van der Waals surface area contributed by atoms with Crippen LogP contribution in [0, 0.1) is 0 Å². The molecule has 14 heteroatoms. The van der Waals surface area contributed by atoms with Gasteiger partial charge in [-0.2, -0.15) is 0 Å². The number of aliphatic hydroxyl groups excluding tert-OH is 8. The quantitative estimate of drug-likeness (QED) is 0.0204. The molecule has 2 heterocycles. The molecule has 1 amide bonds. The zero-order chi connectivity index (χ0) is 76.5. The van der Waals surface area contributed by atoms with E-state index in [0.717, 1.165) is 116 Å². The van der Waals surface area contributed by atoms with E-state index >= 15 is 0 Å². The van der Waals surface area contributed by atoms with Crippen molar-refractivity contribution >= 4 is 5.91 Å². The molecule has 14 nitrogen and oxygen atoms in total. The van der Waals surface area contributed by atoms with Crippen LogP contribution >= 0.6 is 0 Å². The average molecular weight is 1480 g/mol. The van der Waals surface area contributed by atoms with Gasteiger partial charge >= 0.3 is 0 Å². The Labute approximate surface area is 645 Å². The molecule has 2 aliphatic heterocycles. The molecule has 0 bridgehead atoms. The second kappa shape index (κ2) is 73.2. The maximum Gasteiger partial charge on any atom is 0.220 e. The number of hydrogen-bond acceptors (Lipinski definition) is 13. The van der Waals surface area contributed by atoms with Gasteiger partial charge in [0.25, 0.3) is 0 Å².